The highest BCUT2D eigenvalue weighted by molar-refractivity contribution is 7.76. The Morgan fingerprint density at radius 2 is 1.15 bits per heavy atom. The number of nitrogens with zero attached hydrogens (tertiary/aromatic N) is 1. The fraction of sp³-hybridized carbons (Fsp3) is 0.182. The summed E-state index contributed by atoms with van der Waals surface area (Å²) in [6.07, 6.45) is -0.734. The van der Waals surface area contributed by atoms with Crippen LogP contribution in [-0.2, 0) is 4.57 Å². The van der Waals surface area contributed by atoms with E-state index < -0.39 is 13.4 Å². The quantitative estimate of drug-likeness (QED) is 0.672. The van der Waals surface area contributed by atoms with Gasteiger partial charge in [-0.1, -0.05) is 66.7 Å². The van der Waals surface area contributed by atoms with Crippen LogP contribution in [0.2, 0.25) is 0 Å². The number of benzene rings is 3. The van der Waals surface area contributed by atoms with Gasteiger partial charge in [-0.25, -0.2) is 4.67 Å². The second-order valence-corrected chi connectivity index (χ2v) is 9.23. The Labute approximate surface area is 155 Å². The molecule has 3 aromatic rings. The normalized spacial score (nSPS) is 14.2. The molecule has 0 bridgehead atoms. The summed E-state index contributed by atoms with van der Waals surface area (Å²) in [6.45, 7) is 1.91. The van der Waals surface area contributed by atoms with Gasteiger partial charge in [0.15, 0.2) is 0 Å². The number of likely N-dealkylation sites (N-methyl/N-ethyl adjacent to an activating group) is 1. The second-order valence-electron chi connectivity index (χ2n) is 6.42. The molecule has 0 saturated heterocycles. The number of aliphatic hydroxyl groups is 1. The third-order valence-electron chi connectivity index (χ3n) is 4.84. The maximum absolute atomic E-state index is 14.3. The van der Waals surface area contributed by atoms with Crippen LogP contribution in [0.1, 0.15) is 18.6 Å². The molecule has 3 rings (SSSR count). The van der Waals surface area contributed by atoms with Crippen LogP contribution in [0.25, 0.3) is 0 Å². The van der Waals surface area contributed by atoms with Gasteiger partial charge in [-0.05, 0) is 43.8 Å². The van der Waals surface area contributed by atoms with Crippen molar-refractivity contribution >= 4 is 17.9 Å². The molecule has 0 aromatic heterocycles. The highest BCUT2D eigenvalue weighted by Gasteiger charge is 2.37. The first-order chi connectivity index (χ1) is 12.5. The molecule has 0 fully saturated rings. The lowest BCUT2D eigenvalue weighted by atomic mass is 10.0. The molecular formula is C22H24NO2P. The van der Waals surface area contributed by atoms with E-state index in [4.69, 9.17) is 0 Å². The Hall–Kier alpha value is -2.19. The average Bonchev–Trinajstić information content (AvgIpc) is 2.73. The van der Waals surface area contributed by atoms with Crippen molar-refractivity contribution in [1.29, 1.82) is 0 Å². The lowest BCUT2D eigenvalue weighted by molar-refractivity contribution is 0.108. The van der Waals surface area contributed by atoms with Gasteiger partial charge in [0.2, 0.25) is 7.29 Å². The van der Waals surface area contributed by atoms with Gasteiger partial charge in [-0.3, -0.25) is 4.57 Å². The van der Waals surface area contributed by atoms with E-state index in [9.17, 15) is 9.67 Å². The van der Waals surface area contributed by atoms with Gasteiger partial charge in [-0.15, -0.1) is 0 Å². The fourth-order valence-electron chi connectivity index (χ4n) is 3.16. The predicted octanol–water partition coefficient (Wildman–Crippen LogP) is 3.97. The molecule has 0 unspecified atom stereocenters. The van der Waals surface area contributed by atoms with Crippen molar-refractivity contribution in [3.05, 3.63) is 96.6 Å². The smallest absolute Gasteiger partial charge is 0.207 e. The van der Waals surface area contributed by atoms with Crippen LogP contribution in [0.15, 0.2) is 91.0 Å². The van der Waals surface area contributed by atoms with E-state index in [2.05, 4.69) is 0 Å². The van der Waals surface area contributed by atoms with Crippen LogP contribution in [0.5, 0.6) is 0 Å². The molecule has 0 spiro atoms. The molecule has 134 valence electrons. The van der Waals surface area contributed by atoms with E-state index in [0.717, 1.165) is 16.2 Å². The van der Waals surface area contributed by atoms with Gasteiger partial charge in [0, 0.05) is 16.7 Å². The monoisotopic (exact) mass is 365 g/mol. The summed E-state index contributed by atoms with van der Waals surface area (Å²) in [4.78, 5) is 0. The SMILES string of the molecule is C[C@@H]([C@@H](O)c1ccccc1)N(C)P(=O)(c1ccccc1)c1ccccc1. The maximum Gasteiger partial charge on any atom is 0.207 e. The zero-order valence-corrected chi connectivity index (χ0v) is 16.0. The van der Waals surface area contributed by atoms with Crippen LogP contribution in [0, 0.1) is 0 Å². The first-order valence-corrected chi connectivity index (χ1v) is 10.4. The van der Waals surface area contributed by atoms with Gasteiger partial charge in [0.25, 0.3) is 0 Å². The summed E-state index contributed by atoms with van der Waals surface area (Å²) in [5, 5.41) is 12.4. The maximum atomic E-state index is 14.3. The molecule has 3 aromatic carbocycles. The first kappa shape index (κ1) is 18.6. The van der Waals surface area contributed by atoms with Crippen molar-refractivity contribution in [2.75, 3.05) is 7.05 Å². The molecule has 0 amide bonds. The summed E-state index contributed by atoms with van der Waals surface area (Å²) in [5.74, 6) is 0. The highest BCUT2D eigenvalue weighted by atomic mass is 31.2. The van der Waals surface area contributed by atoms with Crippen LogP contribution >= 0.6 is 7.29 Å². The van der Waals surface area contributed by atoms with Crippen LogP contribution in [0.3, 0.4) is 0 Å². The van der Waals surface area contributed by atoms with Gasteiger partial charge in [-0.2, -0.15) is 0 Å². The Balaban J connectivity index is 2.04. The van der Waals surface area contributed by atoms with E-state index in [-0.39, 0.29) is 6.04 Å². The molecule has 0 aliphatic rings. The summed E-state index contributed by atoms with van der Waals surface area (Å²) in [6, 6.07) is 28.2. The van der Waals surface area contributed by atoms with E-state index in [0.29, 0.717) is 0 Å². The minimum Gasteiger partial charge on any atom is -0.387 e. The third kappa shape index (κ3) is 3.52. The molecule has 0 radical (unpaired) electrons. The van der Waals surface area contributed by atoms with Crippen molar-refractivity contribution in [2.45, 2.75) is 19.1 Å². The van der Waals surface area contributed by atoms with Crippen LogP contribution < -0.4 is 10.6 Å². The molecule has 0 saturated carbocycles. The molecule has 4 heteroatoms. The number of aliphatic hydroxyl groups excluding tert-OH is 1. The van der Waals surface area contributed by atoms with Gasteiger partial charge < -0.3 is 5.11 Å². The van der Waals surface area contributed by atoms with Gasteiger partial charge in [0.1, 0.15) is 0 Å². The lowest BCUT2D eigenvalue weighted by Crippen LogP contribution is -2.38. The van der Waals surface area contributed by atoms with Crippen molar-refractivity contribution < 1.29 is 9.67 Å². The molecule has 0 heterocycles. The summed E-state index contributed by atoms with van der Waals surface area (Å²) < 4.78 is 16.1. The topological polar surface area (TPSA) is 40.5 Å². The zero-order valence-electron chi connectivity index (χ0n) is 15.1. The summed E-state index contributed by atoms with van der Waals surface area (Å²) >= 11 is 0. The fourth-order valence-corrected chi connectivity index (χ4v) is 5.98. The lowest BCUT2D eigenvalue weighted by Gasteiger charge is -2.36. The van der Waals surface area contributed by atoms with Crippen molar-refractivity contribution in [3.63, 3.8) is 0 Å². The highest BCUT2D eigenvalue weighted by Crippen LogP contribution is 2.49. The molecule has 2 atom stereocenters. The number of rotatable bonds is 6. The van der Waals surface area contributed by atoms with Gasteiger partial charge >= 0.3 is 0 Å². The molecule has 0 aliphatic carbocycles. The van der Waals surface area contributed by atoms with E-state index in [1.165, 1.54) is 0 Å². The molecule has 26 heavy (non-hydrogen) atoms. The minimum atomic E-state index is -3.07. The second kappa shape index (κ2) is 8.01. The van der Waals surface area contributed by atoms with E-state index >= 15 is 0 Å². The van der Waals surface area contributed by atoms with Crippen molar-refractivity contribution in [3.8, 4) is 0 Å². The molecule has 0 aliphatic heterocycles. The third-order valence-corrected chi connectivity index (χ3v) is 8.09. The Morgan fingerprint density at radius 1 is 0.769 bits per heavy atom. The minimum absolute atomic E-state index is 0.330. The first-order valence-electron chi connectivity index (χ1n) is 8.72. The van der Waals surface area contributed by atoms with Crippen LogP contribution in [0.4, 0.5) is 0 Å². The summed E-state index contributed by atoms with van der Waals surface area (Å²) in [5.41, 5.74) is 0.819. The summed E-state index contributed by atoms with van der Waals surface area (Å²) in [7, 11) is -1.24. The Kier molecular flexibility index (Phi) is 5.73. The molecule has 3 nitrogen and oxygen atoms in total. The zero-order chi connectivity index (χ0) is 18.6. The van der Waals surface area contributed by atoms with Gasteiger partial charge in [0.05, 0.1) is 6.10 Å². The van der Waals surface area contributed by atoms with E-state index in [1.807, 2.05) is 110 Å². The number of hydrogen-bond donors (Lipinski definition) is 1. The molecular weight excluding hydrogens is 341 g/mol. The molecule has 1 N–H and O–H groups in total. The van der Waals surface area contributed by atoms with Crippen molar-refractivity contribution in [2.24, 2.45) is 0 Å². The Bertz CT molecular complexity index is 825. The average molecular weight is 365 g/mol. The van der Waals surface area contributed by atoms with Crippen LogP contribution in [-0.4, -0.2) is 22.9 Å². The standard InChI is InChI=1S/C22H24NO2P/c1-18(22(24)19-12-6-3-7-13-19)23(2)26(25,20-14-8-4-9-15-20)21-16-10-5-11-17-21/h3-18,22,24H,1-2H3/t18-,22+/m0/s1. The van der Waals surface area contributed by atoms with Crippen molar-refractivity contribution in [1.82, 2.24) is 4.67 Å². The Morgan fingerprint density at radius 3 is 1.58 bits per heavy atom. The largest absolute Gasteiger partial charge is 0.387 e. The number of hydrogen-bond acceptors (Lipinski definition) is 2. The predicted molar refractivity (Wildman–Crippen MR) is 108 cm³/mol. The van der Waals surface area contributed by atoms with E-state index in [1.54, 1.807) is 0 Å².